The van der Waals surface area contributed by atoms with Gasteiger partial charge in [0.25, 0.3) is 0 Å². The summed E-state index contributed by atoms with van der Waals surface area (Å²) in [5.41, 5.74) is 1.81. The van der Waals surface area contributed by atoms with Gasteiger partial charge in [0.1, 0.15) is 0 Å². The molecular weight excluding hydrogens is 298 g/mol. The SMILES string of the molecule is CC(NC(=O)CC(O)c1ccccc1)c1ccc2ccccc2c1. The van der Waals surface area contributed by atoms with Crippen molar-refractivity contribution in [3.63, 3.8) is 0 Å². The van der Waals surface area contributed by atoms with Crippen LogP contribution < -0.4 is 5.32 Å². The predicted octanol–water partition coefficient (Wildman–Crippen LogP) is 4.14. The minimum Gasteiger partial charge on any atom is -0.388 e. The summed E-state index contributed by atoms with van der Waals surface area (Å²) in [7, 11) is 0. The number of amides is 1. The molecule has 0 radical (unpaired) electrons. The lowest BCUT2D eigenvalue weighted by molar-refractivity contribution is -0.123. The van der Waals surface area contributed by atoms with Crippen molar-refractivity contribution in [3.05, 3.63) is 83.9 Å². The molecule has 3 nitrogen and oxygen atoms in total. The van der Waals surface area contributed by atoms with Crippen molar-refractivity contribution in [2.45, 2.75) is 25.5 Å². The molecule has 0 fully saturated rings. The molecule has 24 heavy (non-hydrogen) atoms. The Morgan fingerprint density at radius 2 is 1.58 bits per heavy atom. The lowest BCUT2D eigenvalue weighted by Gasteiger charge is -2.17. The highest BCUT2D eigenvalue weighted by Gasteiger charge is 2.15. The van der Waals surface area contributed by atoms with Crippen LogP contribution in [0.3, 0.4) is 0 Å². The zero-order valence-electron chi connectivity index (χ0n) is 13.6. The van der Waals surface area contributed by atoms with Gasteiger partial charge in [0.15, 0.2) is 0 Å². The van der Waals surface area contributed by atoms with Gasteiger partial charge in [-0.1, -0.05) is 66.7 Å². The Labute approximate surface area is 142 Å². The van der Waals surface area contributed by atoms with E-state index < -0.39 is 6.10 Å². The zero-order valence-corrected chi connectivity index (χ0v) is 13.6. The van der Waals surface area contributed by atoms with Crippen LogP contribution in [-0.4, -0.2) is 11.0 Å². The minimum absolute atomic E-state index is 0.0575. The number of rotatable bonds is 5. The molecule has 0 aliphatic heterocycles. The molecule has 3 aromatic carbocycles. The molecule has 0 aliphatic rings. The summed E-state index contributed by atoms with van der Waals surface area (Å²) < 4.78 is 0. The average Bonchev–Trinajstić information content (AvgIpc) is 2.61. The standard InChI is InChI=1S/C21H21NO2/c1-15(18-12-11-16-7-5-6-10-19(16)13-18)22-21(24)14-20(23)17-8-3-2-4-9-17/h2-13,15,20,23H,14H2,1H3,(H,22,24). The number of hydrogen-bond acceptors (Lipinski definition) is 2. The smallest absolute Gasteiger partial charge is 0.223 e. The van der Waals surface area contributed by atoms with Crippen LogP contribution in [0.4, 0.5) is 0 Å². The van der Waals surface area contributed by atoms with Gasteiger partial charge >= 0.3 is 0 Å². The lowest BCUT2D eigenvalue weighted by atomic mass is 10.0. The van der Waals surface area contributed by atoms with Crippen molar-refractivity contribution in [1.29, 1.82) is 0 Å². The van der Waals surface area contributed by atoms with E-state index >= 15 is 0 Å². The van der Waals surface area contributed by atoms with Gasteiger partial charge in [0, 0.05) is 0 Å². The summed E-state index contributed by atoms with van der Waals surface area (Å²) in [5.74, 6) is -0.160. The van der Waals surface area contributed by atoms with Crippen LogP contribution in [0.2, 0.25) is 0 Å². The van der Waals surface area contributed by atoms with Crippen LogP contribution >= 0.6 is 0 Å². The number of hydrogen-bond donors (Lipinski definition) is 2. The monoisotopic (exact) mass is 319 g/mol. The molecule has 0 saturated carbocycles. The van der Waals surface area contributed by atoms with Gasteiger partial charge in [0.2, 0.25) is 5.91 Å². The highest BCUT2D eigenvalue weighted by Crippen LogP contribution is 2.21. The molecule has 2 N–H and O–H groups in total. The molecule has 3 aromatic rings. The van der Waals surface area contributed by atoms with Crippen LogP contribution in [0.1, 0.15) is 36.6 Å². The van der Waals surface area contributed by atoms with Gasteiger partial charge in [-0.3, -0.25) is 4.79 Å². The molecule has 2 unspecified atom stereocenters. The van der Waals surface area contributed by atoms with Crippen LogP contribution in [-0.2, 0) is 4.79 Å². The first-order valence-corrected chi connectivity index (χ1v) is 8.14. The molecule has 0 aliphatic carbocycles. The largest absolute Gasteiger partial charge is 0.388 e. The van der Waals surface area contributed by atoms with Crippen molar-refractivity contribution in [2.75, 3.05) is 0 Å². The molecule has 0 saturated heterocycles. The second kappa shape index (κ2) is 7.28. The van der Waals surface area contributed by atoms with Gasteiger partial charge < -0.3 is 10.4 Å². The number of fused-ring (bicyclic) bond motifs is 1. The molecule has 2 atom stereocenters. The maximum atomic E-state index is 12.2. The number of carbonyl (C=O) groups is 1. The van der Waals surface area contributed by atoms with E-state index in [1.807, 2.05) is 55.5 Å². The first-order valence-electron chi connectivity index (χ1n) is 8.14. The Morgan fingerprint density at radius 3 is 2.33 bits per heavy atom. The average molecular weight is 319 g/mol. The number of nitrogens with one attached hydrogen (secondary N) is 1. The third-order valence-corrected chi connectivity index (χ3v) is 4.21. The summed E-state index contributed by atoms with van der Waals surface area (Å²) >= 11 is 0. The van der Waals surface area contributed by atoms with Crippen molar-refractivity contribution in [2.24, 2.45) is 0 Å². The number of benzene rings is 3. The van der Waals surface area contributed by atoms with Gasteiger partial charge in [-0.25, -0.2) is 0 Å². The van der Waals surface area contributed by atoms with Crippen LogP contribution in [0, 0.1) is 0 Å². The third-order valence-electron chi connectivity index (χ3n) is 4.21. The van der Waals surface area contributed by atoms with Crippen LogP contribution in [0.5, 0.6) is 0 Å². The van der Waals surface area contributed by atoms with E-state index in [-0.39, 0.29) is 18.4 Å². The van der Waals surface area contributed by atoms with E-state index in [1.54, 1.807) is 0 Å². The highest BCUT2D eigenvalue weighted by atomic mass is 16.3. The van der Waals surface area contributed by atoms with E-state index in [0.29, 0.717) is 0 Å². The lowest BCUT2D eigenvalue weighted by Crippen LogP contribution is -2.28. The van der Waals surface area contributed by atoms with Crippen molar-refractivity contribution < 1.29 is 9.90 Å². The Bertz CT molecular complexity index is 829. The summed E-state index contributed by atoms with van der Waals surface area (Å²) in [6, 6.07) is 23.5. The van der Waals surface area contributed by atoms with E-state index in [4.69, 9.17) is 0 Å². The number of carbonyl (C=O) groups excluding carboxylic acids is 1. The first-order chi connectivity index (χ1) is 11.6. The highest BCUT2D eigenvalue weighted by molar-refractivity contribution is 5.83. The van der Waals surface area contributed by atoms with E-state index in [2.05, 4.69) is 29.6 Å². The molecular formula is C21H21NO2. The van der Waals surface area contributed by atoms with Gasteiger partial charge in [-0.2, -0.15) is 0 Å². The molecule has 0 heterocycles. The minimum atomic E-state index is -0.782. The molecule has 0 spiro atoms. The fourth-order valence-corrected chi connectivity index (χ4v) is 2.83. The van der Waals surface area contributed by atoms with Crippen LogP contribution in [0.15, 0.2) is 72.8 Å². The molecule has 3 heteroatoms. The zero-order chi connectivity index (χ0) is 16.9. The maximum Gasteiger partial charge on any atom is 0.223 e. The Morgan fingerprint density at radius 1 is 0.917 bits per heavy atom. The Balaban J connectivity index is 1.64. The van der Waals surface area contributed by atoms with E-state index in [9.17, 15) is 9.90 Å². The second-order valence-electron chi connectivity index (χ2n) is 6.03. The summed E-state index contributed by atoms with van der Waals surface area (Å²) in [6.07, 6.45) is -0.725. The predicted molar refractivity (Wildman–Crippen MR) is 96.5 cm³/mol. The summed E-state index contributed by atoms with van der Waals surface area (Å²) in [4.78, 5) is 12.2. The second-order valence-corrected chi connectivity index (χ2v) is 6.03. The first kappa shape index (κ1) is 16.2. The fraction of sp³-hybridized carbons (Fsp3) is 0.190. The fourth-order valence-electron chi connectivity index (χ4n) is 2.83. The number of aliphatic hydroxyl groups is 1. The third kappa shape index (κ3) is 3.81. The molecule has 0 aromatic heterocycles. The van der Waals surface area contributed by atoms with E-state index in [1.165, 1.54) is 5.39 Å². The van der Waals surface area contributed by atoms with Crippen molar-refractivity contribution >= 4 is 16.7 Å². The molecule has 0 bridgehead atoms. The Hall–Kier alpha value is -2.65. The normalized spacial score (nSPS) is 13.4. The summed E-state index contributed by atoms with van der Waals surface area (Å²) in [6.45, 7) is 1.96. The van der Waals surface area contributed by atoms with Crippen molar-refractivity contribution in [1.82, 2.24) is 5.32 Å². The molecule has 3 rings (SSSR count). The molecule has 1 amide bonds. The Kier molecular flexibility index (Phi) is 4.92. The van der Waals surface area contributed by atoms with Gasteiger partial charge in [-0.05, 0) is 34.9 Å². The van der Waals surface area contributed by atoms with Gasteiger partial charge in [-0.15, -0.1) is 0 Å². The van der Waals surface area contributed by atoms with E-state index in [0.717, 1.165) is 16.5 Å². The number of aliphatic hydroxyl groups excluding tert-OH is 1. The maximum absolute atomic E-state index is 12.2. The quantitative estimate of drug-likeness (QED) is 0.742. The van der Waals surface area contributed by atoms with Crippen molar-refractivity contribution in [3.8, 4) is 0 Å². The molecule has 122 valence electrons. The van der Waals surface area contributed by atoms with Crippen LogP contribution in [0.25, 0.3) is 10.8 Å². The summed E-state index contributed by atoms with van der Waals surface area (Å²) in [5, 5.41) is 15.5. The topological polar surface area (TPSA) is 49.3 Å². The van der Waals surface area contributed by atoms with Gasteiger partial charge in [0.05, 0.1) is 18.6 Å².